The molecular weight excluding hydrogens is 308 g/mol. The Kier molecular flexibility index (Phi) is 7.05. The second-order valence-electron chi connectivity index (χ2n) is 6.70. The van der Waals surface area contributed by atoms with Crippen LogP contribution in [0.2, 0.25) is 0 Å². The number of guanidine groups is 1. The minimum absolute atomic E-state index is 0.0119. The van der Waals surface area contributed by atoms with Crippen LogP contribution in [0.1, 0.15) is 51.0 Å². The Bertz CT molecular complexity index is 522. The standard InChI is InChI=1S/C17H30N4O3/c1-4-18-16(19-10-14-9-15(13(2)3)21-24-14)20-11-17(5-7-22)6-8-23-12-17/h9,13,22H,4-8,10-12H2,1-3H3,(H2,18,19,20). The molecule has 0 bridgehead atoms. The molecule has 1 aliphatic rings. The number of hydrogen-bond donors (Lipinski definition) is 3. The second-order valence-corrected chi connectivity index (χ2v) is 6.70. The first-order valence-electron chi connectivity index (χ1n) is 8.75. The number of nitrogens with one attached hydrogen (secondary N) is 2. The molecule has 7 nitrogen and oxygen atoms in total. The van der Waals surface area contributed by atoms with Gasteiger partial charge in [-0.2, -0.15) is 0 Å². The predicted octanol–water partition coefficient (Wildman–Crippen LogP) is 1.64. The van der Waals surface area contributed by atoms with Gasteiger partial charge in [0.2, 0.25) is 0 Å². The molecular formula is C17H30N4O3. The molecule has 24 heavy (non-hydrogen) atoms. The summed E-state index contributed by atoms with van der Waals surface area (Å²) >= 11 is 0. The largest absolute Gasteiger partial charge is 0.396 e. The lowest BCUT2D eigenvalue weighted by molar-refractivity contribution is 0.127. The van der Waals surface area contributed by atoms with Crippen LogP contribution >= 0.6 is 0 Å². The van der Waals surface area contributed by atoms with Gasteiger partial charge in [-0.15, -0.1) is 0 Å². The van der Waals surface area contributed by atoms with Crippen LogP contribution in [-0.4, -0.2) is 49.1 Å². The minimum atomic E-state index is -0.0119. The second kappa shape index (κ2) is 9.03. The Hall–Kier alpha value is -1.60. The highest BCUT2D eigenvalue weighted by molar-refractivity contribution is 5.79. The van der Waals surface area contributed by atoms with E-state index < -0.39 is 0 Å². The van der Waals surface area contributed by atoms with E-state index in [4.69, 9.17) is 9.26 Å². The molecule has 0 aliphatic carbocycles. The Morgan fingerprint density at radius 3 is 2.88 bits per heavy atom. The average molecular weight is 338 g/mol. The highest BCUT2D eigenvalue weighted by Crippen LogP contribution is 2.31. The first-order valence-corrected chi connectivity index (χ1v) is 8.75. The quantitative estimate of drug-likeness (QED) is 0.493. The number of aromatic nitrogens is 1. The Balaban J connectivity index is 1.94. The van der Waals surface area contributed by atoms with Gasteiger partial charge in [-0.1, -0.05) is 19.0 Å². The third kappa shape index (κ3) is 5.21. The zero-order valence-electron chi connectivity index (χ0n) is 15.0. The van der Waals surface area contributed by atoms with Gasteiger partial charge in [0.25, 0.3) is 0 Å². The maximum Gasteiger partial charge on any atom is 0.191 e. The first-order chi connectivity index (χ1) is 11.6. The molecule has 1 aromatic rings. The highest BCUT2D eigenvalue weighted by atomic mass is 16.5. The van der Waals surface area contributed by atoms with Crippen LogP contribution < -0.4 is 10.6 Å². The van der Waals surface area contributed by atoms with Crippen LogP contribution in [0.15, 0.2) is 15.6 Å². The van der Waals surface area contributed by atoms with Crippen molar-refractivity contribution in [1.82, 2.24) is 15.8 Å². The lowest BCUT2D eigenvalue weighted by Crippen LogP contribution is -2.44. The molecule has 1 fully saturated rings. The highest BCUT2D eigenvalue weighted by Gasteiger charge is 2.34. The number of hydrogen-bond acceptors (Lipinski definition) is 5. The number of aliphatic imine (C=N–C) groups is 1. The van der Waals surface area contributed by atoms with E-state index in [2.05, 4.69) is 34.6 Å². The van der Waals surface area contributed by atoms with Gasteiger partial charge in [-0.25, -0.2) is 4.99 Å². The minimum Gasteiger partial charge on any atom is -0.396 e. The van der Waals surface area contributed by atoms with E-state index in [1.807, 2.05) is 13.0 Å². The maximum atomic E-state index is 9.31. The zero-order valence-corrected chi connectivity index (χ0v) is 15.0. The Morgan fingerprint density at radius 1 is 1.46 bits per heavy atom. The van der Waals surface area contributed by atoms with Crippen molar-refractivity contribution in [2.45, 2.75) is 46.1 Å². The molecule has 1 atom stereocenters. The number of aliphatic hydroxyl groups is 1. The molecule has 136 valence electrons. The number of aliphatic hydroxyl groups excluding tert-OH is 1. The monoisotopic (exact) mass is 338 g/mol. The van der Waals surface area contributed by atoms with Gasteiger partial charge in [0.15, 0.2) is 11.7 Å². The van der Waals surface area contributed by atoms with E-state index in [0.29, 0.717) is 19.1 Å². The van der Waals surface area contributed by atoms with Gasteiger partial charge in [0, 0.05) is 37.8 Å². The molecule has 1 saturated heterocycles. The van der Waals surface area contributed by atoms with Crippen molar-refractivity contribution >= 4 is 5.96 Å². The van der Waals surface area contributed by atoms with Gasteiger partial charge in [0.1, 0.15) is 6.54 Å². The fourth-order valence-corrected chi connectivity index (χ4v) is 2.76. The molecule has 7 heteroatoms. The molecule has 0 amide bonds. The summed E-state index contributed by atoms with van der Waals surface area (Å²) in [4.78, 5) is 4.57. The summed E-state index contributed by atoms with van der Waals surface area (Å²) in [6.07, 6.45) is 1.69. The Morgan fingerprint density at radius 2 is 2.29 bits per heavy atom. The Labute approximate surface area is 143 Å². The normalized spacial score (nSPS) is 21.5. The molecule has 1 unspecified atom stereocenters. The molecule has 0 radical (unpaired) electrons. The average Bonchev–Trinajstić information content (AvgIpc) is 3.20. The summed E-state index contributed by atoms with van der Waals surface area (Å²) in [7, 11) is 0. The van der Waals surface area contributed by atoms with Gasteiger partial charge >= 0.3 is 0 Å². The lowest BCUT2D eigenvalue weighted by atomic mass is 9.84. The third-order valence-corrected chi connectivity index (χ3v) is 4.36. The van der Waals surface area contributed by atoms with Crippen LogP contribution in [0.4, 0.5) is 0 Å². The number of ether oxygens (including phenoxy) is 1. The van der Waals surface area contributed by atoms with Gasteiger partial charge in [0.05, 0.1) is 12.3 Å². The number of rotatable bonds is 8. The van der Waals surface area contributed by atoms with Crippen molar-refractivity contribution < 1.29 is 14.4 Å². The lowest BCUT2D eigenvalue weighted by Gasteiger charge is -2.27. The van der Waals surface area contributed by atoms with E-state index in [9.17, 15) is 5.11 Å². The van der Waals surface area contributed by atoms with Crippen molar-refractivity contribution in [2.75, 3.05) is 32.9 Å². The summed E-state index contributed by atoms with van der Waals surface area (Å²) in [5, 5.41) is 20.0. The van der Waals surface area contributed by atoms with E-state index in [1.54, 1.807) is 0 Å². The maximum absolute atomic E-state index is 9.31. The molecule has 2 heterocycles. The van der Waals surface area contributed by atoms with Crippen LogP contribution in [0.3, 0.4) is 0 Å². The van der Waals surface area contributed by atoms with E-state index in [1.165, 1.54) is 0 Å². The molecule has 1 aliphatic heterocycles. The molecule has 0 spiro atoms. The van der Waals surface area contributed by atoms with E-state index in [-0.39, 0.29) is 12.0 Å². The third-order valence-electron chi connectivity index (χ3n) is 4.36. The fourth-order valence-electron chi connectivity index (χ4n) is 2.76. The summed E-state index contributed by atoms with van der Waals surface area (Å²) in [6.45, 7) is 9.76. The van der Waals surface area contributed by atoms with Crippen molar-refractivity contribution in [3.63, 3.8) is 0 Å². The van der Waals surface area contributed by atoms with Crippen molar-refractivity contribution in [3.8, 4) is 0 Å². The zero-order chi connectivity index (χ0) is 17.4. The molecule has 2 rings (SSSR count). The topological polar surface area (TPSA) is 91.9 Å². The summed E-state index contributed by atoms with van der Waals surface area (Å²) in [5.74, 6) is 1.84. The smallest absolute Gasteiger partial charge is 0.191 e. The van der Waals surface area contributed by atoms with Crippen molar-refractivity contribution in [1.29, 1.82) is 0 Å². The van der Waals surface area contributed by atoms with Crippen LogP contribution in [0, 0.1) is 5.41 Å². The molecule has 1 aromatic heterocycles. The van der Waals surface area contributed by atoms with Gasteiger partial charge in [-0.05, 0) is 25.7 Å². The van der Waals surface area contributed by atoms with E-state index >= 15 is 0 Å². The van der Waals surface area contributed by atoms with Crippen LogP contribution in [0.25, 0.3) is 0 Å². The SMILES string of the molecule is CCNC(=NCc1cc(C(C)C)no1)NCC1(CCO)CCOC1. The van der Waals surface area contributed by atoms with Crippen molar-refractivity contribution in [3.05, 3.63) is 17.5 Å². The summed E-state index contributed by atoms with van der Waals surface area (Å²) in [6, 6.07) is 1.95. The number of nitrogens with zero attached hydrogens (tertiary/aromatic N) is 2. The fraction of sp³-hybridized carbons (Fsp3) is 0.765. The predicted molar refractivity (Wildman–Crippen MR) is 93.0 cm³/mol. The van der Waals surface area contributed by atoms with E-state index in [0.717, 1.165) is 50.0 Å². The first kappa shape index (κ1) is 18.7. The summed E-state index contributed by atoms with van der Waals surface area (Å²) < 4.78 is 10.9. The van der Waals surface area contributed by atoms with Crippen molar-refractivity contribution in [2.24, 2.45) is 10.4 Å². The van der Waals surface area contributed by atoms with Crippen LogP contribution in [0.5, 0.6) is 0 Å². The molecule has 3 N–H and O–H groups in total. The van der Waals surface area contributed by atoms with Crippen LogP contribution in [-0.2, 0) is 11.3 Å². The van der Waals surface area contributed by atoms with Gasteiger partial charge < -0.3 is 25.0 Å². The van der Waals surface area contributed by atoms with Gasteiger partial charge in [-0.3, -0.25) is 0 Å². The molecule has 0 saturated carbocycles. The molecule has 0 aromatic carbocycles. The summed E-state index contributed by atoms with van der Waals surface area (Å²) in [5.41, 5.74) is 0.935.